The van der Waals surface area contributed by atoms with Crippen LogP contribution >= 0.6 is 0 Å². The van der Waals surface area contributed by atoms with Gasteiger partial charge in [0.1, 0.15) is 12.4 Å². The molecule has 29 heavy (non-hydrogen) atoms. The number of benzene rings is 2. The third kappa shape index (κ3) is 4.50. The third-order valence-corrected chi connectivity index (χ3v) is 4.46. The molecule has 0 radical (unpaired) electrons. The topological polar surface area (TPSA) is 68.5 Å². The van der Waals surface area contributed by atoms with Crippen LogP contribution in [0, 0.1) is 0 Å². The fraction of sp³-hybridized carbons (Fsp3) is 0.0870. The van der Waals surface area contributed by atoms with Crippen LogP contribution in [0.25, 0.3) is 10.9 Å². The van der Waals surface area contributed by atoms with Gasteiger partial charge in [-0.15, -0.1) is 0 Å². The van der Waals surface area contributed by atoms with E-state index in [0.29, 0.717) is 18.7 Å². The minimum absolute atomic E-state index is 0.297. The van der Waals surface area contributed by atoms with Gasteiger partial charge in [0.25, 0.3) is 5.91 Å². The monoisotopic (exact) mass is 384 g/mol. The highest BCUT2D eigenvalue weighted by Gasteiger charge is 2.07. The molecule has 0 saturated heterocycles. The Bertz CT molecular complexity index is 1120. The molecule has 0 bridgehead atoms. The highest BCUT2D eigenvalue weighted by Crippen LogP contribution is 2.20. The van der Waals surface area contributed by atoms with Gasteiger partial charge in [0, 0.05) is 35.1 Å². The van der Waals surface area contributed by atoms with E-state index in [2.05, 4.69) is 26.1 Å². The maximum absolute atomic E-state index is 12.1. The fourth-order valence-electron chi connectivity index (χ4n) is 3.06. The average Bonchev–Trinajstić information content (AvgIpc) is 3.13. The molecule has 0 fully saturated rings. The van der Waals surface area contributed by atoms with Crippen LogP contribution in [0.1, 0.15) is 15.9 Å². The summed E-state index contributed by atoms with van der Waals surface area (Å²) in [5, 5.41) is 5.17. The SMILES string of the molecule is O=C(N/N=C/c1cn(CCOc2ccccc2)c2ccccc12)c1cccnc1. The second kappa shape index (κ2) is 8.84. The smallest absolute Gasteiger partial charge is 0.272 e. The Morgan fingerprint density at radius 2 is 1.90 bits per heavy atom. The van der Waals surface area contributed by atoms with Crippen molar-refractivity contribution in [2.24, 2.45) is 5.10 Å². The van der Waals surface area contributed by atoms with Crippen LogP contribution in [-0.2, 0) is 6.54 Å². The van der Waals surface area contributed by atoms with E-state index in [1.807, 2.05) is 54.7 Å². The number of carbonyl (C=O) groups excluding carboxylic acids is 1. The molecule has 144 valence electrons. The molecule has 0 aliphatic rings. The number of pyridine rings is 1. The highest BCUT2D eigenvalue weighted by molar-refractivity contribution is 6.00. The molecular formula is C23H20N4O2. The van der Waals surface area contributed by atoms with Crippen molar-refractivity contribution in [1.82, 2.24) is 15.0 Å². The Morgan fingerprint density at radius 1 is 1.07 bits per heavy atom. The molecule has 2 aromatic carbocycles. The standard InChI is InChI=1S/C23H20N4O2/c28-23(18-7-6-12-24-15-18)26-25-16-19-17-27(22-11-5-4-10-21(19)22)13-14-29-20-8-2-1-3-9-20/h1-12,15-17H,13-14H2,(H,26,28)/b25-16+. The zero-order valence-electron chi connectivity index (χ0n) is 15.7. The Morgan fingerprint density at radius 3 is 2.72 bits per heavy atom. The number of ether oxygens (including phenoxy) is 1. The lowest BCUT2D eigenvalue weighted by molar-refractivity contribution is 0.0955. The Labute approximate surface area is 168 Å². The van der Waals surface area contributed by atoms with Gasteiger partial charge in [-0.2, -0.15) is 5.10 Å². The lowest BCUT2D eigenvalue weighted by Crippen LogP contribution is -2.17. The van der Waals surface area contributed by atoms with Gasteiger partial charge in [0.15, 0.2) is 0 Å². The summed E-state index contributed by atoms with van der Waals surface area (Å²) in [6.45, 7) is 1.25. The molecule has 6 heteroatoms. The molecule has 4 aromatic rings. The summed E-state index contributed by atoms with van der Waals surface area (Å²) < 4.78 is 7.94. The first-order valence-electron chi connectivity index (χ1n) is 9.30. The minimum Gasteiger partial charge on any atom is -0.492 e. The van der Waals surface area contributed by atoms with E-state index in [1.165, 1.54) is 6.20 Å². The Hall–Kier alpha value is -3.93. The second-order valence-corrected chi connectivity index (χ2v) is 6.40. The normalized spacial score (nSPS) is 11.0. The van der Waals surface area contributed by atoms with Crippen LogP contribution in [0.4, 0.5) is 0 Å². The maximum atomic E-state index is 12.1. The van der Waals surface area contributed by atoms with Crippen molar-refractivity contribution in [1.29, 1.82) is 0 Å². The number of nitrogens with one attached hydrogen (secondary N) is 1. The summed E-state index contributed by atoms with van der Waals surface area (Å²) in [6.07, 6.45) is 6.80. The molecule has 1 amide bonds. The number of fused-ring (bicyclic) bond motifs is 1. The van der Waals surface area contributed by atoms with Crippen molar-refractivity contribution in [2.45, 2.75) is 6.54 Å². The number of carbonyl (C=O) groups is 1. The van der Waals surface area contributed by atoms with Crippen molar-refractivity contribution >= 4 is 23.0 Å². The van der Waals surface area contributed by atoms with Crippen molar-refractivity contribution < 1.29 is 9.53 Å². The highest BCUT2D eigenvalue weighted by atomic mass is 16.5. The van der Waals surface area contributed by atoms with Crippen molar-refractivity contribution in [2.75, 3.05) is 6.61 Å². The summed E-state index contributed by atoms with van der Waals surface area (Å²) in [5.41, 5.74) is 5.02. The van der Waals surface area contributed by atoms with Crippen LogP contribution in [-0.4, -0.2) is 28.3 Å². The van der Waals surface area contributed by atoms with Crippen LogP contribution < -0.4 is 10.2 Å². The number of nitrogens with zero attached hydrogens (tertiary/aromatic N) is 3. The van der Waals surface area contributed by atoms with E-state index >= 15 is 0 Å². The lowest BCUT2D eigenvalue weighted by atomic mass is 10.2. The van der Waals surface area contributed by atoms with Gasteiger partial charge in [-0.1, -0.05) is 36.4 Å². The average molecular weight is 384 g/mol. The maximum Gasteiger partial charge on any atom is 0.272 e. The predicted molar refractivity (Wildman–Crippen MR) is 113 cm³/mol. The number of hydrogen-bond donors (Lipinski definition) is 1. The first kappa shape index (κ1) is 18.4. The fourth-order valence-corrected chi connectivity index (χ4v) is 3.06. The quantitative estimate of drug-likeness (QED) is 0.388. The van der Waals surface area contributed by atoms with E-state index in [9.17, 15) is 4.79 Å². The molecule has 0 unspecified atom stereocenters. The summed E-state index contributed by atoms with van der Waals surface area (Å²) in [5.74, 6) is 0.554. The minimum atomic E-state index is -0.297. The van der Waals surface area contributed by atoms with Crippen LogP contribution in [0.15, 0.2) is 90.4 Å². The predicted octanol–water partition coefficient (Wildman–Crippen LogP) is 3.88. The second-order valence-electron chi connectivity index (χ2n) is 6.40. The van der Waals surface area contributed by atoms with Crippen LogP contribution in [0.5, 0.6) is 5.75 Å². The van der Waals surface area contributed by atoms with E-state index in [1.54, 1.807) is 24.5 Å². The molecular weight excluding hydrogens is 364 g/mol. The molecule has 2 heterocycles. The molecule has 2 aromatic heterocycles. The zero-order chi connectivity index (χ0) is 19.9. The van der Waals surface area contributed by atoms with E-state index in [4.69, 9.17) is 4.74 Å². The number of rotatable bonds is 7. The zero-order valence-corrected chi connectivity index (χ0v) is 15.7. The first-order chi connectivity index (χ1) is 14.3. The van der Waals surface area contributed by atoms with Gasteiger partial charge < -0.3 is 9.30 Å². The van der Waals surface area contributed by atoms with Gasteiger partial charge in [-0.05, 0) is 30.3 Å². The van der Waals surface area contributed by atoms with Crippen LogP contribution in [0.2, 0.25) is 0 Å². The summed E-state index contributed by atoms with van der Waals surface area (Å²) in [7, 11) is 0. The Balaban J connectivity index is 1.46. The largest absolute Gasteiger partial charge is 0.492 e. The molecule has 0 aliphatic carbocycles. The third-order valence-electron chi connectivity index (χ3n) is 4.46. The molecule has 0 spiro atoms. The first-order valence-corrected chi connectivity index (χ1v) is 9.30. The number of hydrazone groups is 1. The molecule has 4 rings (SSSR count). The summed E-state index contributed by atoms with van der Waals surface area (Å²) >= 11 is 0. The van der Waals surface area contributed by atoms with Gasteiger partial charge in [0.2, 0.25) is 0 Å². The molecule has 1 N–H and O–H groups in total. The van der Waals surface area contributed by atoms with E-state index in [-0.39, 0.29) is 5.91 Å². The van der Waals surface area contributed by atoms with Gasteiger partial charge in [-0.3, -0.25) is 9.78 Å². The summed E-state index contributed by atoms with van der Waals surface area (Å²) in [6, 6.07) is 21.2. The summed E-state index contributed by atoms with van der Waals surface area (Å²) in [4.78, 5) is 16.0. The van der Waals surface area contributed by atoms with Gasteiger partial charge >= 0.3 is 0 Å². The lowest BCUT2D eigenvalue weighted by Gasteiger charge is -2.08. The van der Waals surface area contributed by atoms with Crippen LogP contribution in [0.3, 0.4) is 0 Å². The molecule has 0 saturated carbocycles. The van der Waals surface area contributed by atoms with Gasteiger partial charge in [0.05, 0.1) is 18.3 Å². The van der Waals surface area contributed by atoms with Crippen molar-refractivity contribution in [3.63, 3.8) is 0 Å². The number of para-hydroxylation sites is 2. The molecule has 6 nitrogen and oxygen atoms in total. The molecule has 0 aliphatic heterocycles. The van der Waals surface area contributed by atoms with Crippen molar-refractivity contribution in [3.8, 4) is 5.75 Å². The number of aromatic nitrogens is 2. The number of amides is 1. The van der Waals surface area contributed by atoms with Crippen molar-refractivity contribution in [3.05, 3.63) is 96.4 Å². The Kier molecular flexibility index (Phi) is 5.62. The van der Waals surface area contributed by atoms with Gasteiger partial charge in [-0.25, -0.2) is 5.43 Å². The number of hydrogen-bond acceptors (Lipinski definition) is 4. The molecule has 0 atom stereocenters. The van der Waals surface area contributed by atoms with E-state index in [0.717, 1.165) is 22.2 Å². The van der Waals surface area contributed by atoms with E-state index < -0.39 is 0 Å².